The maximum atomic E-state index is 13.0. The monoisotopic (exact) mass is 390 g/mol. The van der Waals surface area contributed by atoms with Crippen molar-refractivity contribution in [1.82, 2.24) is 4.40 Å². The van der Waals surface area contributed by atoms with Crippen molar-refractivity contribution in [3.8, 4) is 11.1 Å². The second-order valence-corrected chi connectivity index (χ2v) is 7.33. The number of nitrogens with zero attached hydrogens (tertiary/aromatic N) is 1. The van der Waals surface area contributed by atoms with Crippen molar-refractivity contribution in [1.29, 1.82) is 0 Å². The van der Waals surface area contributed by atoms with Crippen molar-refractivity contribution < 1.29 is 14.3 Å². The van der Waals surface area contributed by atoms with Crippen molar-refractivity contribution in [2.24, 2.45) is 5.73 Å². The molecule has 0 saturated heterocycles. The molecule has 2 N–H and O–H groups in total. The largest absolute Gasteiger partial charge is 0.462 e. The molecule has 1 aromatic carbocycles. The van der Waals surface area contributed by atoms with Gasteiger partial charge in [0.1, 0.15) is 5.56 Å². The van der Waals surface area contributed by atoms with Gasteiger partial charge in [-0.25, -0.2) is 4.79 Å². The average Bonchev–Trinajstić information content (AvgIpc) is 3.54. The van der Waals surface area contributed by atoms with Crippen LogP contribution in [-0.2, 0) is 4.74 Å². The van der Waals surface area contributed by atoms with Crippen LogP contribution in [0.3, 0.4) is 0 Å². The summed E-state index contributed by atoms with van der Waals surface area (Å²) in [5, 5.41) is 0. The van der Waals surface area contributed by atoms with Crippen molar-refractivity contribution in [3.05, 3.63) is 75.2 Å². The first kappa shape index (κ1) is 18.9. The lowest BCUT2D eigenvalue weighted by Gasteiger charge is -2.16. The number of carbonyl (C=O) groups excluding carboxylic acids is 2. The summed E-state index contributed by atoms with van der Waals surface area (Å²) in [4.78, 5) is 36.8. The summed E-state index contributed by atoms with van der Waals surface area (Å²) in [5.74, 6) is -0.756. The third kappa shape index (κ3) is 3.31. The van der Waals surface area contributed by atoms with Crippen LogP contribution < -0.4 is 11.3 Å². The molecule has 0 spiro atoms. The van der Waals surface area contributed by atoms with Crippen LogP contribution in [0.25, 0.3) is 16.6 Å². The maximum Gasteiger partial charge on any atom is 0.343 e. The number of fused-ring (bicyclic) bond motifs is 1. The first-order valence-electron chi connectivity index (χ1n) is 9.68. The van der Waals surface area contributed by atoms with Gasteiger partial charge in [0.15, 0.2) is 0 Å². The normalized spacial score (nSPS) is 13.4. The molecule has 4 rings (SSSR count). The van der Waals surface area contributed by atoms with E-state index in [0.29, 0.717) is 11.5 Å². The highest BCUT2D eigenvalue weighted by atomic mass is 16.5. The Morgan fingerprint density at radius 2 is 1.97 bits per heavy atom. The van der Waals surface area contributed by atoms with E-state index in [9.17, 15) is 14.4 Å². The second kappa shape index (κ2) is 7.20. The molecule has 1 saturated carbocycles. The Morgan fingerprint density at radius 3 is 2.62 bits per heavy atom. The Balaban J connectivity index is 1.97. The fourth-order valence-corrected chi connectivity index (χ4v) is 3.81. The molecule has 2 heterocycles. The quantitative estimate of drug-likeness (QED) is 0.676. The molecule has 6 heteroatoms. The van der Waals surface area contributed by atoms with Gasteiger partial charge in [-0.3, -0.25) is 14.0 Å². The van der Waals surface area contributed by atoms with Crippen LogP contribution in [0.1, 0.15) is 57.5 Å². The fourth-order valence-electron chi connectivity index (χ4n) is 3.81. The minimum Gasteiger partial charge on any atom is -0.462 e. The van der Waals surface area contributed by atoms with E-state index >= 15 is 0 Å². The number of rotatable bonds is 5. The standard InChI is InChI=1S/C23H22N2O4/c1-3-29-23(28)19-12-18(14-7-8-14)20-13(2)17(9-10-25(20)22(19)27)15-5-4-6-16(11-15)21(24)26/h4-6,9-12,14H,3,7-8H2,1-2H3,(H2,24,26). The van der Waals surface area contributed by atoms with Crippen LogP contribution in [0.15, 0.2) is 47.4 Å². The van der Waals surface area contributed by atoms with Gasteiger partial charge in [-0.2, -0.15) is 0 Å². The summed E-state index contributed by atoms with van der Waals surface area (Å²) in [5.41, 5.74) is 10.0. The number of esters is 1. The number of amides is 1. The van der Waals surface area contributed by atoms with Crippen molar-refractivity contribution in [3.63, 3.8) is 0 Å². The van der Waals surface area contributed by atoms with Gasteiger partial charge in [0.2, 0.25) is 5.91 Å². The lowest BCUT2D eigenvalue weighted by molar-refractivity contribution is 0.0524. The van der Waals surface area contributed by atoms with Gasteiger partial charge in [0, 0.05) is 11.8 Å². The van der Waals surface area contributed by atoms with Crippen LogP contribution in [0, 0.1) is 6.92 Å². The van der Waals surface area contributed by atoms with E-state index in [1.54, 1.807) is 37.4 Å². The zero-order chi connectivity index (χ0) is 20.7. The highest BCUT2D eigenvalue weighted by molar-refractivity contribution is 5.94. The van der Waals surface area contributed by atoms with Crippen molar-refractivity contribution in [2.75, 3.05) is 6.61 Å². The number of ether oxygens (including phenoxy) is 1. The number of hydrogen-bond acceptors (Lipinski definition) is 4. The van der Waals surface area contributed by atoms with E-state index in [1.165, 1.54) is 4.40 Å². The summed E-state index contributed by atoms with van der Waals surface area (Å²) in [6.07, 6.45) is 3.74. The molecular formula is C23H22N2O4. The van der Waals surface area contributed by atoms with E-state index in [0.717, 1.165) is 40.6 Å². The van der Waals surface area contributed by atoms with E-state index in [-0.39, 0.29) is 17.7 Å². The van der Waals surface area contributed by atoms with E-state index < -0.39 is 11.9 Å². The average molecular weight is 390 g/mol. The summed E-state index contributed by atoms with van der Waals surface area (Å²) in [6.45, 7) is 3.89. The molecule has 0 bridgehead atoms. The van der Waals surface area contributed by atoms with Crippen LogP contribution in [0.5, 0.6) is 0 Å². The molecule has 3 aromatic rings. The SMILES string of the molecule is CCOC(=O)c1cc(C2CC2)c2c(C)c(-c3cccc(C(N)=O)c3)ccn2c1=O. The Kier molecular flexibility index (Phi) is 4.70. The number of hydrogen-bond donors (Lipinski definition) is 1. The molecule has 0 radical (unpaired) electrons. The van der Waals surface area contributed by atoms with Gasteiger partial charge < -0.3 is 10.5 Å². The number of pyridine rings is 2. The third-order valence-corrected chi connectivity index (χ3v) is 5.38. The lowest BCUT2D eigenvalue weighted by atomic mass is 9.95. The molecule has 6 nitrogen and oxygen atoms in total. The summed E-state index contributed by atoms with van der Waals surface area (Å²) < 4.78 is 6.61. The molecule has 1 aliphatic carbocycles. The van der Waals surface area contributed by atoms with Gasteiger partial charge in [0.05, 0.1) is 12.1 Å². The second-order valence-electron chi connectivity index (χ2n) is 7.33. The molecule has 1 amide bonds. The van der Waals surface area contributed by atoms with E-state index in [4.69, 9.17) is 10.5 Å². The number of aryl methyl sites for hydroxylation is 1. The van der Waals surface area contributed by atoms with Gasteiger partial charge in [-0.1, -0.05) is 12.1 Å². The van der Waals surface area contributed by atoms with Gasteiger partial charge in [-0.15, -0.1) is 0 Å². The van der Waals surface area contributed by atoms with Crippen LogP contribution in [-0.4, -0.2) is 22.9 Å². The van der Waals surface area contributed by atoms with Crippen LogP contribution in [0.4, 0.5) is 0 Å². The Labute approximate surface area is 167 Å². The lowest BCUT2D eigenvalue weighted by Crippen LogP contribution is -2.25. The van der Waals surface area contributed by atoms with Gasteiger partial charge >= 0.3 is 5.97 Å². The molecule has 1 fully saturated rings. The van der Waals surface area contributed by atoms with Gasteiger partial charge in [0.25, 0.3) is 5.56 Å². The molecule has 148 valence electrons. The van der Waals surface area contributed by atoms with E-state index in [1.807, 2.05) is 19.1 Å². The number of carbonyl (C=O) groups is 2. The number of nitrogens with two attached hydrogens (primary N) is 1. The number of aromatic nitrogens is 1. The number of benzene rings is 1. The first-order chi connectivity index (χ1) is 13.9. The number of primary amides is 1. The minimum absolute atomic E-state index is 0.0640. The third-order valence-electron chi connectivity index (χ3n) is 5.38. The molecule has 1 aliphatic rings. The smallest absolute Gasteiger partial charge is 0.343 e. The molecule has 0 unspecified atom stereocenters. The van der Waals surface area contributed by atoms with Crippen molar-refractivity contribution in [2.45, 2.75) is 32.6 Å². The van der Waals surface area contributed by atoms with Gasteiger partial charge in [-0.05, 0) is 79.1 Å². The predicted molar refractivity (Wildman–Crippen MR) is 110 cm³/mol. The molecular weight excluding hydrogens is 368 g/mol. The molecule has 0 aliphatic heterocycles. The minimum atomic E-state index is -0.593. The summed E-state index contributed by atoms with van der Waals surface area (Å²) in [7, 11) is 0. The topological polar surface area (TPSA) is 90.9 Å². The Morgan fingerprint density at radius 1 is 1.21 bits per heavy atom. The highest BCUT2D eigenvalue weighted by Crippen LogP contribution is 2.43. The maximum absolute atomic E-state index is 13.0. The molecule has 0 atom stereocenters. The predicted octanol–water partition coefficient (Wildman–Crippen LogP) is 3.43. The van der Waals surface area contributed by atoms with Crippen LogP contribution in [0.2, 0.25) is 0 Å². The molecule has 29 heavy (non-hydrogen) atoms. The first-order valence-corrected chi connectivity index (χ1v) is 9.68. The summed E-state index contributed by atoms with van der Waals surface area (Å²) in [6, 6.07) is 10.7. The zero-order valence-electron chi connectivity index (χ0n) is 16.4. The Bertz CT molecular complexity index is 1210. The van der Waals surface area contributed by atoms with Crippen molar-refractivity contribution >= 4 is 17.4 Å². The van der Waals surface area contributed by atoms with Crippen LogP contribution >= 0.6 is 0 Å². The van der Waals surface area contributed by atoms with E-state index in [2.05, 4.69) is 0 Å². The zero-order valence-corrected chi connectivity index (χ0v) is 16.4. The highest BCUT2D eigenvalue weighted by Gasteiger charge is 2.29. The Hall–Kier alpha value is -3.41. The summed E-state index contributed by atoms with van der Waals surface area (Å²) >= 11 is 0. The molecule has 2 aromatic heterocycles. The fraction of sp³-hybridized carbons (Fsp3) is 0.261.